The first kappa shape index (κ1) is 22.4. The lowest BCUT2D eigenvalue weighted by atomic mass is 10.2. The third-order valence-corrected chi connectivity index (χ3v) is 8.59. The Balaban J connectivity index is 1.87. The highest BCUT2D eigenvalue weighted by atomic mass is 31.2. The van der Waals surface area contributed by atoms with Crippen LogP contribution in [-0.4, -0.2) is 40.2 Å². The van der Waals surface area contributed by atoms with Crippen molar-refractivity contribution in [3.8, 4) is 0 Å². The summed E-state index contributed by atoms with van der Waals surface area (Å²) in [6, 6.07) is 17.9. The Morgan fingerprint density at radius 3 is 1.97 bits per heavy atom. The van der Waals surface area contributed by atoms with E-state index < -0.39 is 29.8 Å². The predicted molar refractivity (Wildman–Crippen MR) is 117 cm³/mol. The highest BCUT2D eigenvalue weighted by molar-refractivity contribution is 7.60. The summed E-state index contributed by atoms with van der Waals surface area (Å²) in [5.74, 6) is -0.422. The average Bonchev–Trinajstić information content (AvgIpc) is 3.11. The summed E-state index contributed by atoms with van der Waals surface area (Å²) in [7, 11) is -3.07. The Morgan fingerprint density at radius 1 is 1.07 bits per heavy atom. The minimum absolute atomic E-state index is 0.281. The number of carboxylic acid groups (broad SMARTS) is 1. The van der Waals surface area contributed by atoms with Crippen LogP contribution in [0.1, 0.15) is 37.8 Å². The Labute approximate surface area is 177 Å². The number of benzene rings is 2. The van der Waals surface area contributed by atoms with Gasteiger partial charge in [0.05, 0.1) is 6.54 Å². The second-order valence-corrected chi connectivity index (χ2v) is 10.9. The number of imide groups is 1. The van der Waals surface area contributed by atoms with Gasteiger partial charge >= 0.3 is 12.0 Å². The number of carbonyl (C=O) groups is 2. The highest BCUT2D eigenvalue weighted by Gasteiger charge is 2.54. The summed E-state index contributed by atoms with van der Waals surface area (Å²) in [6.07, 6.45) is 0.847. The van der Waals surface area contributed by atoms with Crippen LogP contribution in [0.2, 0.25) is 0 Å². The lowest BCUT2D eigenvalue weighted by molar-refractivity contribution is -0.792. The number of hydrogen-bond acceptors (Lipinski definition) is 3. The Bertz CT molecular complexity index is 889. The van der Waals surface area contributed by atoms with Gasteiger partial charge in [0.2, 0.25) is 0 Å². The molecule has 3 atom stereocenters. The summed E-state index contributed by atoms with van der Waals surface area (Å²) >= 11 is 0. The van der Waals surface area contributed by atoms with Crippen molar-refractivity contribution in [3.63, 3.8) is 0 Å². The third kappa shape index (κ3) is 4.72. The predicted octanol–water partition coefficient (Wildman–Crippen LogP) is 4.85. The van der Waals surface area contributed by atoms with E-state index in [-0.39, 0.29) is 12.6 Å². The van der Waals surface area contributed by atoms with Crippen molar-refractivity contribution >= 4 is 19.3 Å². The SMILES string of the molecule is C[C@H](NP(=O)(Cc1ccccc1)Cc1ccccc1)C(=O)[N+]1(C(=O)O)CCC[C@H]1C. The van der Waals surface area contributed by atoms with Gasteiger partial charge in [0.1, 0.15) is 12.1 Å². The van der Waals surface area contributed by atoms with Crippen molar-refractivity contribution in [2.45, 2.75) is 51.1 Å². The first-order chi connectivity index (χ1) is 14.3. The van der Waals surface area contributed by atoms with Crippen molar-refractivity contribution in [1.29, 1.82) is 0 Å². The second kappa shape index (κ2) is 9.25. The van der Waals surface area contributed by atoms with Crippen molar-refractivity contribution in [2.75, 3.05) is 6.54 Å². The van der Waals surface area contributed by atoms with E-state index in [2.05, 4.69) is 5.09 Å². The van der Waals surface area contributed by atoms with Crippen molar-refractivity contribution in [1.82, 2.24) is 5.09 Å². The molecule has 1 aliphatic rings. The lowest BCUT2D eigenvalue weighted by Crippen LogP contribution is -2.63. The fraction of sp³-hybridized carbons (Fsp3) is 0.391. The molecular formula is C23H30N2O4P+. The van der Waals surface area contributed by atoms with E-state index in [0.29, 0.717) is 25.2 Å². The molecule has 0 aromatic heterocycles. The van der Waals surface area contributed by atoms with Crippen LogP contribution in [0.25, 0.3) is 0 Å². The largest absolute Gasteiger partial charge is 0.521 e. The Kier molecular flexibility index (Phi) is 6.91. The van der Waals surface area contributed by atoms with Gasteiger partial charge in [0, 0.05) is 25.2 Å². The lowest BCUT2D eigenvalue weighted by Gasteiger charge is -2.33. The summed E-state index contributed by atoms with van der Waals surface area (Å²) in [5, 5.41) is 13.0. The third-order valence-electron chi connectivity index (χ3n) is 5.98. The molecule has 30 heavy (non-hydrogen) atoms. The van der Waals surface area contributed by atoms with Crippen LogP contribution in [-0.2, 0) is 21.7 Å². The highest BCUT2D eigenvalue weighted by Crippen LogP contribution is 2.49. The monoisotopic (exact) mass is 429 g/mol. The maximum atomic E-state index is 14.0. The zero-order valence-corrected chi connectivity index (χ0v) is 18.4. The molecule has 2 aromatic rings. The molecule has 7 heteroatoms. The summed E-state index contributed by atoms with van der Waals surface area (Å²) in [5.41, 5.74) is 1.83. The van der Waals surface area contributed by atoms with Gasteiger partial charge in [0.15, 0.2) is 7.29 Å². The van der Waals surface area contributed by atoms with E-state index in [0.717, 1.165) is 11.1 Å². The van der Waals surface area contributed by atoms with E-state index in [1.807, 2.05) is 60.7 Å². The fourth-order valence-corrected chi connectivity index (χ4v) is 7.15. The molecule has 6 nitrogen and oxygen atoms in total. The maximum Gasteiger partial charge on any atom is 0.521 e. The molecular weight excluding hydrogens is 399 g/mol. The van der Waals surface area contributed by atoms with Gasteiger partial charge in [-0.1, -0.05) is 60.7 Å². The van der Waals surface area contributed by atoms with E-state index in [1.165, 1.54) is 0 Å². The van der Waals surface area contributed by atoms with Gasteiger partial charge in [-0.15, -0.1) is 0 Å². The van der Waals surface area contributed by atoms with Crippen molar-refractivity contribution in [3.05, 3.63) is 71.8 Å². The fourth-order valence-electron chi connectivity index (χ4n) is 4.44. The number of nitrogens with one attached hydrogen (secondary N) is 1. The van der Waals surface area contributed by atoms with Crippen LogP contribution in [0.5, 0.6) is 0 Å². The average molecular weight is 429 g/mol. The number of nitrogens with zero attached hydrogens (tertiary/aromatic N) is 1. The number of amides is 2. The van der Waals surface area contributed by atoms with Crippen LogP contribution >= 0.6 is 7.29 Å². The van der Waals surface area contributed by atoms with Crippen molar-refractivity contribution < 1.29 is 23.7 Å². The van der Waals surface area contributed by atoms with Gasteiger partial charge in [-0.05, 0) is 25.0 Å². The number of rotatable bonds is 7. The zero-order chi connectivity index (χ0) is 21.8. The first-order valence-corrected chi connectivity index (χ1v) is 12.4. The van der Waals surface area contributed by atoms with Crippen molar-refractivity contribution in [2.24, 2.45) is 0 Å². The van der Waals surface area contributed by atoms with Gasteiger partial charge in [-0.25, -0.2) is 4.79 Å². The van der Waals surface area contributed by atoms with Crippen LogP contribution in [0, 0.1) is 0 Å². The molecule has 0 bridgehead atoms. The molecule has 1 saturated heterocycles. The summed E-state index contributed by atoms with van der Waals surface area (Å²) in [6.45, 7) is 3.72. The number of quaternary nitrogens is 1. The molecule has 0 spiro atoms. The van der Waals surface area contributed by atoms with E-state index >= 15 is 0 Å². The molecule has 0 aliphatic carbocycles. The van der Waals surface area contributed by atoms with Crippen LogP contribution in [0.3, 0.4) is 0 Å². The van der Waals surface area contributed by atoms with Crippen LogP contribution < -0.4 is 5.09 Å². The topological polar surface area (TPSA) is 83.5 Å². The number of hydrogen-bond donors (Lipinski definition) is 2. The van der Waals surface area contributed by atoms with E-state index in [1.54, 1.807) is 13.8 Å². The standard InChI is InChI=1S/C23H29N2O4P/c1-18-10-9-15-25(18,23(27)28)22(26)19(2)24-30(29,16-20-11-5-3-6-12-20)17-21-13-7-4-8-14-21/h3-8,11-14,18-19H,9-10,15-17H2,1-2H3,(H-,24,27,28,29)/p+1/t18-,19+,25?/m1/s1. The van der Waals surface area contributed by atoms with Gasteiger partial charge in [-0.3, -0.25) is 5.09 Å². The van der Waals surface area contributed by atoms with Gasteiger partial charge in [-0.2, -0.15) is 9.28 Å². The molecule has 0 saturated carbocycles. The number of likely N-dealkylation sites (tertiary alicyclic amines) is 1. The maximum absolute atomic E-state index is 14.0. The first-order valence-electron chi connectivity index (χ1n) is 10.4. The molecule has 2 aromatic carbocycles. The van der Waals surface area contributed by atoms with Crippen LogP contribution in [0.4, 0.5) is 4.79 Å². The van der Waals surface area contributed by atoms with Gasteiger partial charge < -0.3 is 9.67 Å². The molecule has 1 aliphatic heterocycles. The normalized spacial score (nSPS) is 22.5. The van der Waals surface area contributed by atoms with E-state index in [9.17, 15) is 19.3 Å². The van der Waals surface area contributed by atoms with Crippen LogP contribution in [0.15, 0.2) is 60.7 Å². The minimum atomic E-state index is -3.07. The number of carbonyl (C=O) groups excluding carboxylic acids is 1. The molecule has 3 rings (SSSR count). The van der Waals surface area contributed by atoms with E-state index in [4.69, 9.17) is 0 Å². The van der Waals surface area contributed by atoms with Gasteiger partial charge in [0.25, 0.3) is 0 Å². The molecule has 0 radical (unpaired) electrons. The molecule has 160 valence electrons. The quantitative estimate of drug-likeness (QED) is 0.486. The molecule has 1 fully saturated rings. The molecule has 1 unspecified atom stereocenters. The molecule has 1 heterocycles. The second-order valence-electron chi connectivity index (χ2n) is 8.23. The Hall–Kier alpha value is -2.27. The smallest absolute Gasteiger partial charge is 0.435 e. The Morgan fingerprint density at radius 2 is 1.57 bits per heavy atom. The summed E-state index contributed by atoms with van der Waals surface area (Å²) < 4.78 is 13.4. The summed E-state index contributed by atoms with van der Waals surface area (Å²) in [4.78, 5) is 25.4. The zero-order valence-electron chi connectivity index (χ0n) is 17.5. The molecule has 2 amide bonds. The molecule has 2 N–H and O–H groups in total. The minimum Gasteiger partial charge on any atom is -0.435 e.